The van der Waals surface area contributed by atoms with Gasteiger partial charge < -0.3 is 15.0 Å². The molecular weight excluding hydrogens is 459 g/mol. The largest absolute Gasteiger partial charge is 0.573 e. The van der Waals surface area contributed by atoms with Gasteiger partial charge in [0.25, 0.3) is 5.91 Å². The molecule has 3 N–H and O–H groups in total. The lowest BCUT2D eigenvalue weighted by Crippen LogP contribution is -2.17. The van der Waals surface area contributed by atoms with Crippen LogP contribution in [0.3, 0.4) is 0 Å². The maximum Gasteiger partial charge on any atom is 0.573 e. The van der Waals surface area contributed by atoms with Gasteiger partial charge in [-0.15, -0.1) is 13.2 Å². The Kier molecular flexibility index (Phi) is 5.88. The third kappa shape index (κ3) is 4.88. The number of rotatable bonds is 6. The van der Waals surface area contributed by atoms with Crippen LogP contribution in [0.2, 0.25) is 0 Å². The van der Waals surface area contributed by atoms with E-state index in [-0.39, 0.29) is 17.0 Å². The van der Waals surface area contributed by atoms with E-state index in [4.69, 9.17) is 10.3 Å². The summed E-state index contributed by atoms with van der Waals surface area (Å²) in [5.74, 6) is -1.86. The highest BCUT2D eigenvalue weighted by Crippen LogP contribution is 2.40. The zero-order valence-electron chi connectivity index (χ0n) is 16.6. The Morgan fingerprint density at radius 2 is 1.79 bits per heavy atom. The van der Waals surface area contributed by atoms with Crippen molar-refractivity contribution in [2.24, 2.45) is 5.73 Å². The molecule has 11 heteroatoms. The van der Waals surface area contributed by atoms with Crippen LogP contribution >= 0.6 is 11.3 Å². The predicted octanol–water partition coefficient (Wildman–Crippen LogP) is 5.32. The number of ether oxygens (including phenoxy) is 1. The molecule has 0 unspecified atom stereocenters. The molecule has 0 atom stereocenters. The second-order valence-electron chi connectivity index (χ2n) is 6.68. The molecule has 0 aliphatic rings. The van der Waals surface area contributed by atoms with E-state index in [1.54, 1.807) is 24.3 Å². The molecule has 0 radical (unpaired) electrons. The molecule has 2 aromatic carbocycles. The van der Waals surface area contributed by atoms with Crippen LogP contribution in [-0.4, -0.2) is 23.3 Å². The Balaban J connectivity index is 1.71. The summed E-state index contributed by atoms with van der Waals surface area (Å²) in [4.78, 5) is 24.8. The number of alkyl halides is 3. The van der Waals surface area contributed by atoms with E-state index in [9.17, 15) is 22.8 Å². The van der Waals surface area contributed by atoms with Gasteiger partial charge >= 0.3 is 6.36 Å². The Bertz CT molecular complexity index is 1300. The Morgan fingerprint density at radius 3 is 2.42 bits per heavy atom. The van der Waals surface area contributed by atoms with Crippen LogP contribution < -0.4 is 15.8 Å². The Labute approximate surface area is 188 Å². The van der Waals surface area contributed by atoms with Gasteiger partial charge in [0.1, 0.15) is 11.4 Å². The van der Waals surface area contributed by atoms with Crippen LogP contribution in [0, 0.1) is 0 Å². The molecule has 0 fully saturated rings. The fourth-order valence-corrected chi connectivity index (χ4v) is 3.76. The lowest BCUT2D eigenvalue weighted by molar-refractivity contribution is -0.274. The van der Waals surface area contributed by atoms with Crippen LogP contribution in [0.1, 0.15) is 20.7 Å². The molecule has 4 aromatic rings. The van der Waals surface area contributed by atoms with Gasteiger partial charge in [0.2, 0.25) is 11.8 Å². The van der Waals surface area contributed by atoms with Gasteiger partial charge in [-0.2, -0.15) is 11.3 Å². The van der Waals surface area contributed by atoms with E-state index in [1.807, 2.05) is 10.8 Å². The second kappa shape index (κ2) is 8.79. The summed E-state index contributed by atoms with van der Waals surface area (Å²) < 4.78 is 46.2. The van der Waals surface area contributed by atoms with E-state index < -0.39 is 23.9 Å². The maximum atomic E-state index is 12.8. The van der Waals surface area contributed by atoms with Gasteiger partial charge in [-0.1, -0.05) is 23.4 Å². The number of carbonyl (C=O) groups excluding carboxylic acids is 2. The Morgan fingerprint density at radius 1 is 1.06 bits per heavy atom. The van der Waals surface area contributed by atoms with Gasteiger partial charge in [0, 0.05) is 27.6 Å². The molecular formula is C22H14F3N3O4S. The molecule has 33 heavy (non-hydrogen) atoms. The van der Waals surface area contributed by atoms with Crippen molar-refractivity contribution < 1.29 is 32.0 Å². The van der Waals surface area contributed by atoms with Crippen molar-refractivity contribution in [1.29, 1.82) is 0 Å². The average molecular weight is 473 g/mol. The minimum atomic E-state index is -4.84. The molecule has 0 aliphatic heterocycles. The van der Waals surface area contributed by atoms with Gasteiger partial charge in [0.05, 0.1) is 5.56 Å². The first-order valence-corrected chi connectivity index (χ1v) is 10.3. The van der Waals surface area contributed by atoms with Crippen molar-refractivity contribution in [3.63, 3.8) is 0 Å². The van der Waals surface area contributed by atoms with Crippen molar-refractivity contribution in [3.05, 3.63) is 76.5 Å². The van der Waals surface area contributed by atoms with Crippen molar-refractivity contribution in [1.82, 2.24) is 5.16 Å². The molecule has 0 saturated heterocycles. The second-order valence-corrected chi connectivity index (χ2v) is 7.46. The normalized spacial score (nSPS) is 11.2. The fraction of sp³-hybridized carbons (Fsp3) is 0.0455. The third-order valence-electron chi connectivity index (χ3n) is 4.53. The zero-order chi connectivity index (χ0) is 23.6. The summed E-state index contributed by atoms with van der Waals surface area (Å²) in [6, 6.07) is 12.7. The van der Waals surface area contributed by atoms with Gasteiger partial charge in [0.15, 0.2) is 0 Å². The molecule has 0 saturated carbocycles. The first-order chi connectivity index (χ1) is 15.7. The molecule has 168 valence electrons. The number of benzene rings is 2. The number of nitrogens with one attached hydrogen (secondary N) is 1. The van der Waals surface area contributed by atoms with Crippen LogP contribution in [0.5, 0.6) is 5.75 Å². The number of thiophene rings is 1. The maximum absolute atomic E-state index is 12.8. The molecule has 2 amide bonds. The van der Waals surface area contributed by atoms with Crippen molar-refractivity contribution >= 4 is 29.0 Å². The molecule has 0 bridgehead atoms. The minimum absolute atomic E-state index is 0.0483. The fourth-order valence-electron chi connectivity index (χ4n) is 3.12. The molecule has 2 aromatic heterocycles. The highest BCUT2D eigenvalue weighted by Gasteiger charge is 2.31. The molecule has 0 spiro atoms. The van der Waals surface area contributed by atoms with E-state index in [1.165, 1.54) is 29.5 Å². The quantitative estimate of drug-likeness (QED) is 0.394. The third-order valence-corrected chi connectivity index (χ3v) is 5.21. The predicted molar refractivity (Wildman–Crippen MR) is 115 cm³/mol. The SMILES string of the molecule is NC(=O)c1ccccc1-c1c(-c2ccsc2)noc1NC(=O)c1ccc(OC(F)(F)F)cc1. The van der Waals surface area contributed by atoms with Crippen LogP contribution in [0.4, 0.5) is 19.1 Å². The summed E-state index contributed by atoms with van der Waals surface area (Å²) in [5.41, 5.74) is 7.59. The minimum Gasteiger partial charge on any atom is -0.406 e. The molecule has 7 nitrogen and oxygen atoms in total. The summed E-state index contributed by atoms with van der Waals surface area (Å²) in [7, 11) is 0. The highest BCUT2D eigenvalue weighted by molar-refractivity contribution is 7.08. The number of hydrogen-bond acceptors (Lipinski definition) is 6. The van der Waals surface area contributed by atoms with E-state index >= 15 is 0 Å². The lowest BCUT2D eigenvalue weighted by atomic mass is 9.97. The highest BCUT2D eigenvalue weighted by atomic mass is 32.1. The van der Waals surface area contributed by atoms with Gasteiger partial charge in [-0.25, -0.2) is 0 Å². The standard InChI is InChI=1S/C22H14F3N3O4S/c23-22(24,25)31-14-7-5-12(6-8-14)20(30)27-21-17(15-3-1-2-4-16(15)19(26)29)18(28-32-21)13-9-10-33-11-13/h1-11H,(H2,26,29)(H,27,30). The topological polar surface area (TPSA) is 107 Å². The van der Waals surface area contributed by atoms with E-state index in [0.29, 0.717) is 22.4 Å². The van der Waals surface area contributed by atoms with Crippen LogP contribution in [0.25, 0.3) is 22.4 Å². The van der Waals surface area contributed by atoms with Gasteiger partial charge in [-0.3, -0.25) is 14.9 Å². The Hall–Kier alpha value is -4.12. The molecule has 4 rings (SSSR count). The molecule has 2 heterocycles. The number of nitrogens with zero attached hydrogens (tertiary/aromatic N) is 1. The first-order valence-electron chi connectivity index (χ1n) is 9.31. The summed E-state index contributed by atoms with van der Waals surface area (Å²) >= 11 is 1.42. The number of amides is 2. The summed E-state index contributed by atoms with van der Waals surface area (Å²) in [5, 5.41) is 10.3. The van der Waals surface area contributed by atoms with Crippen molar-refractivity contribution in [3.8, 4) is 28.1 Å². The average Bonchev–Trinajstić information content (AvgIpc) is 3.43. The number of anilines is 1. The lowest BCUT2D eigenvalue weighted by Gasteiger charge is -2.10. The smallest absolute Gasteiger partial charge is 0.406 e. The van der Waals surface area contributed by atoms with Crippen LogP contribution in [0.15, 0.2) is 69.9 Å². The number of hydrogen-bond donors (Lipinski definition) is 2. The summed E-state index contributed by atoms with van der Waals surface area (Å²) in [6.45, 7) is 0. The number of aromatic nitrogens is 1. The van der Waals surface area contributed by atoms with Crippen LogP contribution in [-0.2, 0) is 0 Å². The number of primary amides is 1. The summed E-state index contributed by atoms with van der Waals surface area (Å²) in [6.07, 6.45) is -4.84. The van der Waals surface area contributed by atoms with E-state index in [2.05, 4.69) is 15.2 Å². The molecule has 0 aliphatic carbocycles. The number of carbonyl (C=O) groups is 2. The van der Waals surface area contributed by atoms with E-state index in [0.717, 1.165) is 12.1 Å². The zero-order valence-corrected chi connectivity index (χ0v) is 17.4. The number of nitrogens with two attached hydrogens (primary N) is 1. The monoisotopic (exact) mass is 473 g/mol. The van der Waals surface area contributed by atoms with Crippen molar-refractivity contribution in [2.45, 2.75) is 6.36 Å². The first kappa shape index (κ1) is 22.1. The number of halogens is 3. The van der Waals surface area contributed by atoms with Crippen molar-refractivity contribution in [2.75, 3.05) is 5.32 Å². The van der Waals surface area contributed by atoms with Gasteiger partial charge in [-0.05, 0) is 41.8 Å².